The number of hydrazine groups is 1. The molecule has 0 spiro atoms. The van der Waals surface area contributed by atoms with Gasteiger partial charge in [0.15, 0.2) is 0 Å². The predicted molar refractivity (Wildman–Crippen MR) is 91.9 cm³/mol. The summed E-state index contributed by atoms with van der Waals surface area (Å²) in [5, 5.41) is 5.34. The lowest BCUT2D eigenvalue weighted by atomic mass is 10.2. The molecule has 26 heavy (non-hydrogen) atoms. The van der Waals surface area contributed by atoms with Crippen molar-refractivity contribution in [1.82, 2.24) is 15.6 Å². The summed E-state index contributed by atoms with van der Waals surface area (Å²) in [7, 11) is 0. The molecule has 1 aromatic rings. The van der Waals surface area contributed by atoms with Crippen LogP contribution in [0.25, 0.3) is 0 Å². The molecular formula is C16H23N5O5. The first kappa shape index (κ1) is 20.9. The van der Waals surface area contributed by atoms with Gasteiger partial charge in [-0.15, -0.1) is 0 Å². The van der Waals surface area contributed by atoms with E-state index in [1.165, 1.54) is 13.8 Å². The third-order valence-electron chi connectivity index (χ3n) is 3.28. The number of nitrogens with zero attached hydrogens (tertiary/aromatic N) is 1. The van der Waals surface area contributed by atoms with E-state index >= 15 is 0 Å². The van der Waals surface area contributed by atoms with Crippen LogP contribution in [-0.4, -0.2) is 47.5 Å². The van der Waals surface area contributed by atoms with Gasteiger partial charge in [-0.2, -0.15) is 0 Å². The summed E-state index contributed by atoms with van der Waals surface area (Å²) < 4.78 is 5.01. The topological polar surface area (TPSA) is 157 Å². The summed E-state index contributed by atoms with van der Waals surface area (Å²) in [6.07, 6.45) is -0.773. The van der Waals surface area contributed by atoms with Crippen molar-refractivity contribution in [2.75, 3.05) is 6.54 Å². The van der Waals surface area contributed by atoms with Crippen molar-refractivity contribution in [2.45, 2.75) is 32.5 Å². The highest BCUT2D eigenvalue weighted by Crippen LogP contribution is 2.01. The molecule has 0 unspecified atom stereocenters. The number of ether oxygens (including phenoxy) is 1. The zero-order valence-electron chi connectivity index (χ0n) is 14.6. The maximum absolute atomic E-state index is 12.0. The van der Waals surface area contributed by atoms with Gasteiger partial charge < -0.3 is 21.1 Å². The van der Waals surface area contributed by atoms with Gasteiger partial charge in [-0.3, -0.25) is 19.4 Å². The lowest BCUT2D eigenvalue weighted by molar-refractivity contribution is -0.138. The molecule has 0 fully saturated rings. The van der Waals surface area contributed by atoms with Crippen molar-refractivity contribution >= 4 is 23.8 Å². The molecule has 0 aromatic heterocycles. The van der Waals surface area contributed by atoms with Gasteiger partial charge in [0.05, 0.1) is 0 Å². The highest BCUT2D eigenvalue weighted by atomic mass is 16.5. The number of carbonyl (C=O) groups excluding carboxylic acids is 4. The van der Waals surface area contributed by atoms with Crippen molar-refractivity contribution in [2.24, 2.45) is 11.6 Å². The first-order valence-corrected chi connectivity index (χ1v) is 7.82. The van der Waals surface area contributed by atoms with E-state index in [1.807, 2.05) is 18.2 Å². The van der Waals surface area contributed by atoms with Crippen molar-refractivity contribution in [3.05, 3.63) is 35.9 Å². The number of hydrogen-bond donors (Lipinski definition) is 4. The third-order valence-corrected chi connectivity index (χ3v) is 3.28. The Morgan fingerprint density at radius 2 is 1.69 bits per heavy atom. The lowest BCUT2D eigenvalue weighted by Crippen LogP contribution is -2.55. The van der Waals surface area contributed by atoms with Crippen LogP contribution >= 0.6 is 0 Å². The molecule has 0 saturated heterocycles. The highest BCUT2D eigenvalue weighted by Gasteiger charge is 2.24. The number of primary amides is 1. The molecule has 0 bridgehead atoms. The molecule has 10 heteroatoms. The number of hydrogen-bond acceptors (Lipinski definition) is 6. The molecule has 0 aliphatic heterocycles. The highest BCUT2D eigenvalue weighted by molar-refractivity contribution is 5.92. The Morgan fingerprint density at radius 1 is 1.08 bits per heavy atom. The number of nitrogens with one attached hydrogen (secondary N) is 2. The summed E-state index contributed by atoms with van der Waals surface area (Å²) in [5.74, 6) is 3.29. The summed E-state index contributed by atoms with van der Waals surface area (Å²) in [6, 6.07) is 7.09. The molecule has 10 nitrogen and oxygen atoms in total. The normalized spacial score (nSPS) is 12.4. The summed E-state index contributed by atoms with van der Waals surface area (Å²) in [4.78, 5) is 46.4. The zero-order chi connectivity index (χ0) is 19.7. The fourth-order valence-electron chi connectivity index (χ4n) is 1.90. The van der Waals surface area contributed by atoms with Crippen LogP contribution in [0.1, 0.15) is 19.4 Å². The second-order valence-electron chi connectivity index (χ2n) is 5.59. The number of alkyl carbamates (subject to hydrolysis) is 1. The minimum absolute atomic E-state index is 0.0607. The van der Waals surface area contributed by atoms with Crippen LogP contribution in [-0.2, 0) is 25.7 Å². The molecule has 0 aliphatic carbocycles. The van der Waals surface area contributed by atoms with Crippen LogP contribution in [0.2, 0.25) is 0 Å². The van der Waals surface area contributed by atoms with Gasteiger partial charge in [0.2, 0.25) is 11.8 Å². The SMILES string of the molecule is C[C@H](NC(=O)OCc1ccccc1)C(=O)N[C@@H](C)C(=O)N(N)CC(N)=O. The Morgan fingerprint density at radius 3 is 2.27 bits per heavy atom. The second kappa shape index (κ2) is 9.99. The fourth-order valence-corrected chi connectivity index (χ4v) is 1.90. The van der Waals surface area contributed by atoms with Crippen LogP contribution in [0.15, 0.2) is 30.3 Å². The van der Waals surface area contributed by atoms with Gasteiger partial charge in [-0.05, 0) is 19.4 Å². The number of benzene rings is 1. The molecule has 142 valence electrons. The van der Waals surface area contributed by atoms with Crippen molar-refractivity contribution in [3.63, 3.8) is 0 Å². The van der Waals surface area contributed by atoms with Crippen LogP contribution in [0.3, 0.4) is 0 Å². The lowest BCUT2D eigenvalue weighted by Gasteiger charge is -2.22. The molecule has 0 saturated carbocycles. The largest absolute Gasteiger partial charge is 0.445 e. The predicted octanol–water partition coefficient (Wildman–Crippen LogP) is -1.01. The standard InChI is InChI=1S/C16H23N5O5/c1-10(20-16(25)26-9-12-6-4-3-5-7-12)14(23)19-11(2)15(24)21(18)8-13(17)22/h3-7,10-11H,8-9,18H2,1-2H3,(H2,17,22)(H,19,23)(H,20,25)/t10-,11-/m0/s1. The first-order valence-electron chi connectivity index (χ1n) is 7.82. The number of rotatable bonds is 8. The quantitative estimate of drug-likeness (QED) is 0.263. The van der Waals surface area contributed by atoms with Gasteiger partial charge in [-0.1, -0.05) is 30.3 Å². The first-order chi connectivity index (χ1) is 12.2. The smallest absolute Gasteiger partial charge is 0.408 e. The van der Waals surface area contributed by atoms with Gasteiger partial charge in [0.1, 0.15) is 25.2 Å². The van der Waals surface area contributed by atoms with Crippen molar-refractivity contribution in [1.29, 1.82) is 0 Å². The van der Waals surface area contributed by atoms with E-state index in [9.17, 15) is 19.2 Å². The molecule has 0 radical (unpaired) electrons. The van der Waals surface area contributed by atoms with E-state index in [-0.39, 0.29) is 6.61 Å². The Balaban J connectivity index is 2.42. The molecule has 2 atom stereocenters. The molecule has 0 aliphatic rings. The average molecular weight is 365 g/mol. The van der Waals surface area contributed by atoms with Crippen LogP contribution in [0, 0.1) is 0 Å². The molecule has 4 amide bonds. The number of nitrogens with two attached hydrogens (primary N) is 2. The summed E-state index contributed by atoms with van der Waals surface area (Å²) in [6.45, 7) is 2.41. The maximum Gasteiger partial charge on any atom is 0.408 e. The van der Waals surface area contributed by atoms with Crippen molar-refractivity contribution < 1.29 is 23.9 Å². The van der Waals surface area contributed by atoms with Crippen LogP contribution in [0.5, 0.6) is 0 Å². The minimum atomic E-state index is -1.00. The van der Waals surface area contributed by atoms with Gasteiger partial charge >= 0.3 is 6.09 Å². The maximum atomic E-state index is 12.0. The van der Waals surface area contributed by atoms with Crippen LogP contribution < -0.4 is 22.2 Å². The second-order valence-corrected chi connectivity index (χ2v) is 5.59. The average Bonchev–Trinajstić information content (AvgIpc) is 2.59. The Labute approximate surface area is 150 Å². The van der Waals surface area contributed by atoms with E-state index in [2.05, 4.69) is 10.6 Å². The molecular weight excluding hydrogens is 342 g/mol. The minimum Gasteiger partial charge on any atom is -0.445 e. The van der Waals surface area contributed by atoms with E-state index in [0.29, 0.717) is 5.01 Å². The van der Waals surface area contributed by atoms with E-state index in [1.54, 1.807) is 12.1 Å². The molecule has 1 aromatic carbocycles. The van der Waals surface area contributed by atoms with Crippen molar-refractivity contribution in [3.8, 4) is 0 Å². The Bertz CT molecular complexity index is 652. The number of carbonyl (C=O) groups is 4. The fraction of sp³-hybridized carbons (Fsp3) is 0.375. The number of amides is 4. The summed E-state index contributed by atoms with van der Waals surface area (Å²) in [5.41, 5.74) is 5.75. The van der Waals surface area contributed by atoms with Crippen LogP contribution in [0.4, 0.5) is 4.79 Å². The monoisotopic (exact) mass is 365 g/mol. The third kappa shape index (κ3) is 7.18. The molecule has 0 heterocycles. The van der Waals surface area contributed by atoms with E-state index < -0.39 is 42.4 Å². The van der Waals surface area contributed by atoms with Gasteiger partial charge in [-0.25, -0.2) is 10.6 Å². The van der Waals surface area contributed by atoms with Gasteiger partial charge in [0.25, 0.3) is 5.91 Å². The Hall–Kier alpha value is -3.14. The van der Waals surface area contributed by atoms with Gasteiger partial charge in [0, 0.05) is 0 Å². The molecule has 6 N–H and O–H groups in total. The Kier molecular flexibility index (Phi) is 8.03. The molecule has 1 rings (SSSR count). The summed E-state index contributed by atoms with van der Waals surface area (Å²) >= 11 is 0. The van der Waals surface area contributed by atoms with E-state index in [0.717, 1.165) is 5.56 Å². The zero-order valence-corrected chi connectivity index (χ0v) is 14.6. The van der Waals surface area contributed by atoms with E-state index in [4.69, 9.17) is 16.3 Å².